The predicted molar refractivity (Wildman–Crippen MR) is 82.5 cm³/mol. The van der Waals surface area contributed by atoms with Gasteiger partial charge in [-0.1, -0.05) is 35.9 Å². The number of rotatable bonds is 3. The molecule has 0 radical (unpaired) electrons. The first-order valence-corrected chi connectivity index (χ1v) is 6.68. The average molecular weight is 268 g/mol. The van der Waals surface area contributed by atoms with Gasteiger partial charge in [-0.25, -0.2) is 0 Å². The molecule has 1 unspecified atom stereocenters. The van der Waals surface area contributed by atoms with Crippen molar-refractivity contribution < 1.29 is 4.79 Å². The molecule has 2 aromatic rings. The van der Waals surface area contributed by atoms with Crippen LogP contribution >= 0.6 is 0 Å². The Morgan fingerprint density at radius 3 is 2.40 bits per heavy atom. The van der Waals surface area contributed by atoms with Gasteiger partial charge in [0.05, 0.1) is 6.04 Å². The van der Waals surface area contributed by atoms with Crippen molar-refractivity contribution in [1.82, 2.24) is 4.90 Å². The lowest BCUT2D eigenvalue weighted by Crippen LogP contribution is -2.29. The highest BCUT2D eigenvalue weighted by Crippen LogP contribution is 2.21. The van der Waals surface area contributed by atoms with Gasteiger partial charge in [-0.2, -0.15) is 0 Å². The number of carbonyl (C=O) groups is 1. The molecule has 0 aliphatic carbocycles. The first kappa shape index (κ1) is 14.1. The van der Waals surface area contributed by atoms with E-state index in [0.29, 0.717) is 11.3 Å². The molecule has 2 N–H and O–H groups in total. The number of amides is 1. The summed E-state index contributed by atoms with van der Waals surface area (Å²) in [7, 11) is 1.82. The molecule has 0 aromatic heterocycles. The van der Waals surface area contributed by atoms with E-state index in [-0.39, 0.29) is 11.9 Å². The Balaban J connectivity index is 2.20. The van der Waals surface area contributed by atoms with E-state index in [1.54, 1.807) is 29.2 Å². The normalized spacial score (nSPS) is 11.9. The Hall–Kier alpha value is -2.29. The maximum absolute atomic E-state index is 12.4. The van der Waals surface area contributed by atoms with Crippen LogP contribution in [-0.2, 0) is 0 Å². The monoisotopic (exact) mass is 268 g/mol. The van der Waals surface area contributed by atoms with E-state index >= 15 is 0 Å². The van der Waals surface area contributed by atoms with Crippen LogP contribution < -0.4 is 5.73 Å². The molecule has 0 aliphatic heterocycles. The third-order valence-electron chi connectivity index (χ3n) is 3.59. The Kier molecular flexibility index (Phi) is 4.08. The molecule has 104 valence electrons. The van der Waals surface area contributed by atoms with Gasteiger partial charge in [-0.15, -0.1) is 0 Å². The highest BCUT2D eigenvalue weighted by Gasteiger charge is 2.18. The Morgan fingerprint density at radius 1 is 1.15 bits per heavy atom. The van der Waals surface area contributed by atoms with E-state index in [1.165, 1.54) is 5.56 Å². The Morgan fingerprint density at radius 2 is 1.80 bits per heavy atom. The van der Waals surface area contributed by atoms with E-state index in [9.17, 15) is 4.79 Å². The van der Waals surface area contributed by atoms with Gasteiger partial charge in [0.25, 0.3) is 5.91 Å². The van der Waals surface area contributed by atoms with Crippen LogP contribution in [0.2, 0.25) is 0 Å². The Labute approximate surface area is 120 Å². The van der Waals surface area contributed by atoms with E-state index in [4.69, 9.17) is 5.73 Å². The van der Waals surface area contributed by atoms with E-state index < -0.39 is 0 Å². The minimum Gasteiger partial charge on any atom is -0.399 e. The second-order valence-corrected chi connectivity index (χ2v) is 5.13. The number of hydrogen-bond donors (Lipinski definition) is 1. The zero-order valence-corrected chi connectivity index (χ0v) is 12.1. The van der Waals surface area contributed by atoms with Crippen LogP contribution in [-0.4, -0.2) is 17.9 Å². The largest absolute Gasteiger partial charge is 0.399 e. The average Bonchev–Trinajstić information content (AvgIpc) is 2.46. The van der Waals surface area contributed by atoms with Crippen molar-refractivity contribution in [3.8, 4) is 0 Å². The first-order valence-electron chi connectivity index (χ1n) is 6.68. The number of nitrogens with two attached hydrogens (primary N) is 1. The molecule has 0 spiro atoms. The molecular formula is C17H20N2O. The number of benzene rings is 2. The van der Waals surface area contributed by atoms with Crippen molar-refractivity contribution in [3.05, 3.63) is 65.2 Å². The Bertz CT molecular complexity index is 605. The second-order valence-electron chi connectivity index (χ2n) is 5.13. The summed E-state index contributed by atoms with van der Waals surface area (Å²) in [5, 5.41) is 0. The highest BCUT2D eigenvalue weighted by molar-refractivity contribution is 5.95. The number of carbonyl (C=O) groups excluding carboxylic acids is 1. The van der Waals surface area contributed by atoms with Crippen molar-refractivity contribution in [2.45, 2.75) is 19.9 Å². The molecule has 0 bridgehead atoms. The molecule has 2 rings (SSSR count). The van der Waals surface area contributed by atoms with E-state index in [0.717, 1.165) is 5.56 Å². The minimum atomic E-state index is -0.0228. The first-order chi connectivity index (χ1) is 9.49. The molecule has 1 amide bonds. The maximum Gasteiger partial charge on any atom is 0.254 e. The van der Waals surface area contributed by atoms with Crippen molar-refractivity contribution in [3.63, 3.8) is 0 Å². The SMILES string of the molecule is Cc1ccc(C(C)N(C)C(=O)c2cccc(N)c2)cc1. The van der Waals surface area contributed by atoms with Crippen molar-refractivity contribution in [2.75, 3.05) is 12.8 Å². The topological polar surface area (TPSA) is 46.3 Å². The summed E-state index contributed by atoms with van der Waals surface area (Å²) in [6.45, 7) is 4.07. The van der Waals surface area contributed by atoms with Crippen molar-refractivity contribution in [1.29, 1.82) is 0 Å². The quantitative estimate of drug-likeness (QED) is 0.867. The lowest BCUT2D eigenvalue weighted by Gasteiger charge is -2.25. The molecule has 20 heavy (non-hydrogen) atoms. The van der Waals surface area contributed by atoms with Crippen LogP contribution in [0.5, 0.6) is 0 Å². The fraction of sp³-hybridized carbons (Fsp3) is 0.235. The predicted octanol–water partition coefficient (Wildman–Crippen LogP) is 3.41. The zero-order chi connectivity index (χ0) is 14.7. The lowest BCUT2D eigenvalue weighted by molar-refractivity contribution is 0.0742. The number of aryl methyl sites for hydroxylation is 1. The van der Waals surface area contributed by atoms with Crippen LogP contribution in [0.15, 0.2) is 48.5 Å². The molecule has 3 heteroatoms. The standard InChI is InChI=1S/C17H20N2O/c1-12-7-9-14(10-8-12)13(2)19(3)17(20)15-5-4-6-16(18)11-15/h4-11,13H,18H2,1-3H3. The molecular weight excluding hydrogens is 248 g/mol. The van der Waals surface area contributed by atoms with Crippen molar-refractivity contribution >= 4 is 11.6 Å². The van der Waals surface area contributed by atoms with Gasteiger partial charge in [0.2, 0.25) is 0 Å². The summed E-state index contributed by atoms with van der Waals surface area (Å²) in [6, 6.07) is 15.3. The van der Waals surface area contributed by atoms with Gasteiger partial charge in [-0.3, -0.25) is 4.79 Å². The molecule has 0 fully saturated rings. The summed E-state index contributed by atoms with van der Waals surface area (Å²) in [5.41, 5.74) is 9.29. The van der Waals surface area contributed by atoms with Crippen molar-refractivity contribution in [2.24, 2.45) is 0 Å². The molecule has 2 aromatic carbocycles. The third kappa shape index (κ3) is 2.99. The summed E-state index contributed by atoms with van der Waals surface area (Å²) in [6.07, 6.45) is 0. The molecule has 0 heterocycles. The van der Waals surface area contributed by atoms with Crippen LogP contribution in [0.3, 0.4) is 0 Å². The number of hydrogen-bond acceptors (Lipinski definition) is 2. The number of anilines is 1. The highest BCUT2D eigenvalue weighted by atomic mass is 16.2. The van der Waals surface area contributed by atoms with Gasteiger partial charge in [0, 0.05) is 18.3 Å². The fourth-order valence-corrected chi connectivity index (χ4v) is 2.12. The lowest BCUT2D eigenvalue weighted by atomic mass is 10.0. The maximum atomic E-state index is 12.4. The molecule has 0 aliphatic rings. The van der Waals surface area contributed by atoms with Crippen LogP contribution in [0.1, 0.15) is 34.5 Å². The smallest absolute Gasteiger partial charge is 0.254 e. The van der Waals surface area contributed by atoms with E-state index in [2.05, 4.69) is 31.2 Å². The summed E-state index contributed by atoms with van der Waals surface area (Å²) < 4.78 is 0. The molecule has 3 nitrogen and oxygen atoms in total. The van der Waals surface area contributed by atoms with E-state index in [1.807, 2.05) is 14.0 Å². The summed E-state index contributed by atoms with van der Waals surface area (Å²) in [5.74, 6) is -0.0228. The zero-order valence-electron chi connectivity index (χ0n) is 12.1. The summed E-state index contributed by atoms with van der Waals surface area (Å²) in [4.78, 5) is 14.2. The number of nitrogen functional groups attached to an aromatic ring is 1. The van der Waals surface area contributed by atoms with Gasteiger partial charge in [-0.05, 0) is 37.6 Å². The number of nitrogens with zero attached hydrogens (tertiary/aromatic N) is 1. The van der Waals surface area contributed by atoms with Crippen LogP contribution in [0.25, 0.3) is 0 Å². The van der Waals surface area contributed by atoms with Gasteiger partial charge in [0.15, 0.2) is 0 Å². The van der Waals surface area contributed by atoms with Gasteiger partial charge < -0.3 is 10.6 Å². The molecule has 1 atom stereocenters. The van der Waals surface area contributed by atoms with Gasteiger partial charge >= 0.3 is 0 Å². The second kappa shape index (κ2) is 5.78. The van der Waals surface area contributed by atoms with Crippen LogP contribution in [0.4, 0.5) is 5.69 Å². The van der Waals surface area contributed by atoms with Gasteiger partial charge in [0.1, 0.15) is 0 Å². The fourth-order valence-electron chi connectivity index (χ4n) is 2.12. The molecule has 0 saturated carbocycles. The van der Waals surface area contributed by atoms with Crippen LogP contribution in [0, 0.1) is 6.92 Å². The third-order valence-corrected chi connectivity index (χ3v) is 3.59. The molecule has 0 saturated heterocycles. The summed E-state index contributed by atoms with van der Waals surface area (Å²) >= 11 is 0. The minimum absolute atomic E-state index is 0.0181.